The molecule has 0 atom stereocenters. The zero-order chi connectivity index (χ0) is 14.4. The quantitative estimate of drug-likeness (QED) is 0.724. The van der Waals surface area contributed by atoms with Crippen molar-refractivity contribution in [1.29, 1.82) is 0 Å². The average Bonchev–Trinajstić information content (AvgIpc) is 2.52. The Hall–Kier alpha value is -0.883. The maximum absolute atomic E-state index is 5.47. The second kappa shape index (κ2) is 7.22. The van der Waals surface area contributed by atoms with Crippen LogP contribution in [0.1, 0.15) is 18.4 Å². The number of rotatable bonds is 7. The summed E-state index contributed by atoms with van der Waals surface area (Å²) >= 11 is 0. The van der Waals surface area contributed by atoms with Crippen LogP contribution < -0.4 is 4.90 Å². The number of para-hydroxylation sites is 1. The Morgan fingerprint density at radius 2 is 1.80 bits per heavy atom. The highest BCUT2D eigenvalue weighted by Gasteiger charge is 2.37. The summed E-state index contributed by atoms with van der Waals surface area (Å²) in [5, 5.41) is 0. The van der Waals surface area contributed by atoms with E-state index in [4.69, 9.17) is 13.3 Å². The predicted octanol–water partition coefficient (Wildman–Crippen LogP) is 2.71. The molecular formula is C15H25NO3Si. The lowest BCUT2D eigenvalue weighted by molar-refractivity contribution is 0.123. The Labute approximate surface area is 123 Å². The zero-order valence-corrected chi connectivity index (χ0v) is 13.7. The van der Waals surface area contributed by atoms with Gasteiger partial charge in [0.1, 0.15) is 0 Å². The van der Waals surface area contributed by atoms with Gasteiger partial charge in [0.15, 0.2) is 0 Å². The van der Waals surface area contributed by atoms with Gasteiger partial charge in [0, 0.05) is 46.2 Å². The van der Waals surface area contributed by atoms with Gasteiger partial charge in [0.2, 0.25) is 0 Å². The Balaban J connectivity index is 1.92. The van der Waals surface area contributed by atoms with Gasteiger partial charge in [-0.05, 0) is 30.9 Å². The SMILES string of the molecule is CO[Si](CCCN1CCCc2ccccc21)(OC)OC. The average molecular weight is 295 g/mol. The molecule has 0 aromatic heterocycles. The van der Waals surface area contributed by atoms with Crippen LogP contribution in [0.2, 0.25) is 6.04 Å². The standard InChI is InChI=1S/C15H25NO3Si/c1-17-20(18-2,19-3)13-7-12-16-11-6-9-14-8-4-5-10-15(14)16/h4-5,8,10H,6-7,9,11-13H2,1-3H3. The molecule has 0 aliphatic carbocycles. The molecule has 1 aliphatic rings. The van der Waals surface area contributed by atoms with E-state index in [9.17, 15) is 0 Å². The Kier molecular flexibility index (Phi) is 5.60. The van der Waals surface area contributed by atoms with E-state index in [1.54, 1.807) is 21.3 Å². The molecule has 5 heteroatoms. The summed E-state index contributed by atoms with van der Waals surface area (Å²) in [5.41, 5.74) is 2.85. The van der Waals surface area contributed by atoms with Gasteiger partial charge >= 0.3 is 8.80 Å². The molecule has 20 heavy (non-hydrogen) atoms. The van der Waals surface area contributed by atoms with Crippen molar-refractivity contribution in [2.75, 3.05) is 39.3 Å². The van der Waals surface area contributed by atoms with Crippen LogP contribution in [0.15, 0.2) is 24.3 Å². The maximum atomic E-state index is 5.47. The van der Waals surface area contributed by atoms with E-state index in [-0.39, 0.29) is 0 Å². The van der Waals surface area contributed by atoms with Crippen molar-refractivity contribution in [1.82, 2.24) is 0 Å². The van der Waals surface area contributed by atoms with Gasteiger partial charge in [-0.15, -0.1) is 0 Å². The third kappa shape index (κ3) is 3.41. The highest BCUT2D eigenvalue weighted by molar-refractivity contribution is 6.60. The van der Waals surface area contributed by atoms with Crippen LogP contribution in [-0.2, 0) is 19.7 Å². The fraction of sp³-hybridized carbons (Fsp3) is 0.600. The largest absolute Gasteiger partial charge is 0.500 e. The maximum Gasteiger partial charge on any atom is 0.500 e. The first-order valence-corrected chi connectivity index (χ1v) is 9.16. The van der Waals surface area contributed by atoms with Gasteiger partial charge in [-0.2, -0.15) is 0 Å². The van der Waals surface area contributed by atoms with Crippen LogP contribution in [-0.4, -0.2) is 43.2 Å². The monoisotopic (exact) mass is 295 g/mol. The number of benzene rings is 1. The molecule has 0 bridgehead atoms. The molecule has 1 heterocycles. The molecule has 0 unspecified atom stereocenters. The van der Waals surface area contributed by atoms with E-state index in [0.29, 0.717) is 0 Å². The summed E-state index contributed by atoms with van der Waals surface area (Å²) in [6, 6.07) is 9.56. The van der Waals surface area contributed by atoms with Gasteiger partial charge in [-0.25, -0.2) is 0 Å². The van der Waals surface area contributed by atoms with Crippen molar-refractivity contribution in [2.45, 2.75) is 25.3 Å². The van der Waals surface area contributed by atoms with E-state index in [1.807, 2.05) is 0 Å². The highest BCUT2D eigenvalue weighted by atomic mass is 28.4. The summed E-state index contributed by atoms with van der Waals surface area (Å²) in [4.78, 5) is 2.47. The first-order valence-electron chi connectivity index (χ1n) is 7.23. The molecule has 112 valence electrons. The number of aryl methyl sites for hydroxylation is 1. The van der Waals surface area contributed by atoms with Crippen molar-refractivity contribution in [2.24, 2.45) is 0 Å². The molecule has 2 rings (SSSR count). The summed E-state index contributed by atoms with van der Waals surface area (Å²) in [7, 11) is 2.61. The summed E-state index contributed by atoms with van der Waals surface area (Å²) in [5.74, 6) is 0. The Morgan fingerprint density at radius 1 is 1.10 bits per heavy atom. The molecule has 1 aromatic rings. The molecule has 0 fully saturated rings. The normalized spacial score (nSPS) is 15.2. The minimum absolute atomic E-state index is 0.856. The third-order valence-electron chi connectivity index (χ3n) is 4.05. The fourth-order valence-corrected chi connectivity index (χ4v) is 4.59. The first kappa shape index (κ1) is 15.5. The van der Waals surface area contributed by atoms with E-state index in [1.165, 1.54) is 24.1 Å². The van der Waals surface area contributed by atoms with Crippen LogP contribution in [0, 0.1) is 0 Å². The lowest BCUT2D eigenvalue weighted by Gasteiger charge is -2.32. The van der Waals surface area contributed by atoms with Crippen LogP contribution in [0.25, 0.3) is 0 Å². The van der Waals surface area contributed by atoms with E-state index < -0.39 is 8.80 Å². The summed E-state index contributed by atoms with van der Waals surface area (Å²) in [6.07, 6.45) is 3.45. The first-order chi connectivity index (χ1) is 9.74. The van der Waals surface area contributed by atoms with Crippen molar-refractivity contribution in [3.63, 3.8) is 0 Å². The molecule has 1 aliphatic heterocycles. The molecule has 1 aromatic carbocycles. The van der Waals surface area contributed by atoms with Gasteiger partial charge in [0.05, 0.1) is 0 Å². The summed E-state index contributed by atoms with van der Waals surface area (Å²) < 4.78 is 16.4. The molecule has 0 spiro atoms. The van der Waals surface area contributed by atoms with Gasteiger partial charge in [-0.3, -0.25) is 0 Å². The Bertz CT molecular complexity index is 415. The van der Waals surface area contributed by atoms with Crippen LogP contribution in [0.4, 0.5) is 5.69 Å². The molecule has 0 amide bonds. The lowest BCUT2D eigenvalue weighted by atomic mass is 10.0. The summed E-state index contributed by atoms with van der Waals surface area (Å²) in [6.45, 7) is 2.17. The van der Waals surface area contributed by atoms with Crippen molar-refractivity contribution < 1.29 is 13.3 Å². The second-order valence-corrected chi connectivity index (χ2v) is 8.21. The minimum atomic E-state index is -2.42. The second-order valence-electron chi connectivity index (χ2n) is 5.12. The van der Waals surface area contributed by atoms with Crippen molar-refractivity contribution in [3.05, 3.63) is 29.8 Å². The van der Waals surface area contributed by atoms with Crippen LogP contribution >= 0.6 is 0 Å². The number of hydrogen-bond acceptors (Lipinski definition) is 4. The number of nitrogens with zero attached hydrogens (tertiary/aromatic N) is 1. The Morgan fingerprint density at radius 3 is 2.50 bits per heavy atom. The number of hydrogen-bond donors (Lipinski definition) is 0. The molecule has 0 N–H and O–H groups in total. The smallest absolute Gasteiger partial charge is 0.377 e. The molecular weight excluding hydrogens is 270 g/mol. The van der Waals surface area contributed by atoms with Crippen LogP contribution in [0.5, 0.6) is 0 Å². The van der Waals surface area contributed by atoms with Crippen molar-refractivity contribution in [3.8, 4) is 0 Å². The van der Waals surface area contributed by atoms with E-state index >= 15 is 0 Å². The predicted molar refractivity (Wildman–Crippen MR) is 83.2 cm³/mol. The molecule has 0 radical (unpaired) electrons. The van der Waals surface area contributed by atoms with Gasteiger partial charge < -0.3 is 18.2 Å². The van der Waals surface area contributed by atoms with E-state index in [2.05, 4.69) is 29.2 Å². The lowest BCUT2D eigenvalue weighted by Crippen LogP contribution is -2.43. The zero-order valence-electron chi connectivity index (χ0n) is 12.7. The molecule has 0 saturated carbocycles. The number of anilines is 1. The minimum Gasteiger partial charge on any atom is -0.377 e. The number of fused-ring (bicyclic) bond motifs is 1. The fourth-order valence-electron chi connectivity index (χ4n) is 2.89. The van der Waals surface area contributed by atoms with Crippen molar-refractivity contribution >= 4 is 14.5 Å². The van der Waals surface area contributed by atoms with Gasteiger partial charge in [0.25, 0.3) is 0 Å². The highest BCUT2D eigenvalue weighted by Crippen LogP contribution is 2.27. The topological polar surface area (TPSA) is 30.9 Å². The van der Waals surface area contributed by atoms with Gasteiger partial charge in [-0.1, -0.05) is 18.2 Å². The third-order valence-corrected chi connectivity index (χ3v) is 6.88. The van der Waals surface area contributed by atoms with Crippen LogP contribution in [0.3, 0.4) is 0 Å². The molecule has 4 nitrogen and oxygen atoms in total. The van der Waals surface area contributed by atoms with E-state index in [0.717, 1.165) is 25.6 Å². The molecule has 0 saturated heterocycles.